The molecule has 0 aliphatic rings. The number of aliphatic hydroxyl groups excluding tert-OH is 2. The fourth-order valence-corrected chi connectivity index (χ4v) is 3.41. The van der Waals surface area contributed by atoms with Gasteiger partial charge in [0.1, 0.15) is 13.2 Å². The van der Waals surface area contributed by atoms with Crippen LogP contribution in [-0.2, 0) is 12.8 Å². The third-order valence-corrected chi connectivity index (χ3v) is 5.55. The summed E-state index contributed by atoms with van der Waals surface area (Å²) in [5.41, 5.74) is -4.14. The molecule has 0 spiro atoms. The molecule has 0 saturated carbocycles. The predicted octanol–water partition coefficient (Wildman–Crippen LogP) is 2.49. The minimum Gasteiger partial charge on any atom is -0.388 e. The smallest absolute Gasteiger partial charge is 0.388 e. The second-order valence-corrected chi connectivity index (χ2v) is 7.51. The summed E-state index contributed by atoms with van der Waals surface area (Å²) in [6.07, 6.45) is 7.69. The van der Waals surface area contributed by atoms with E-state index >= 15 is 0 Å². The summed E-state index contributed by atoms with van der Waals surface area (Å²) in [5, 5.41) is 51.6. The molecule has 0 fully saturated rings. The van der Waals surface area contributed by atoms with Crippen molar-refractivity contribution in [3.63, 3.8) is 0 Å². The summed E-state index contributed by atoms with van der Waals surface area (Å²) in [7, 11) is 0. The highest BCUT2D eigenvalue weighted by Crippen LogP contribution is 2.31. The Morgan fingerprint density at radius 3 is 1.79 bits per heavy atom. The van der Waals surface area contributed by atoms with E-state index in [0.717, 1.165) is 18.4 Å². The Labute approximate surface area is 170 Å². The van der Waals surface area contributed by atoms with Gasteiger partial charge in [0.2, 0.25) is 0 Å². The Bertz CT molecular complexity index is 653. The van der Waals surface area contributed by atoms with Crippen LogP contribution in [0.2, 0.25) is 0 Å². The van der Waals surface area contributed by atoms with Gasteiger partial charge in [-0.2, -0.15) is 0 Å². The van der Waals surface area contributed by atoms with Gasteiger partial charge in [0.05, 0.1) is 4.92 Å². The highest BCUT2D eigenvalue weighted by molar-refractivity contribution is 5.23. The van der Waals surface area contributed by atoms with Crippen LogP contribution in [0.15, 0.2) is 24.3 Å². The van der Waals surface area contributed by atoms with Crippen LogP contribution in [0.3, 0.4) is 0 Å². The lowest BCUT2D eigenvalue weighted by atomic mass is 9.82. The number of unbranched alkanes of at least 4 members (excludes halogenated alkanes) is 5. The predicted molar refractivity (Wildman–Crippen MR) is 108 cm³/mol. The highest BCUT2D eigenvalue weighted by atomic mass is 16.7. The maximum atomic E-state index is 11.5. The standard InChI is InChI=1S/C20H32N2O7/c1-2-3-4-5-6-7-8-17-9-11-18(12-10-17)13-14-19(15-23,21(26)27)20(25,16-24)22(28)29/h9-12,23-25H,2-8,13-16H2,1H3. The largest absolute Gasteiger partial charge is 0.417 e. The molecule has 9 heteroatoms. The quantitative estimate of drug-likeness (QED) is 0.173. The van der Waals surface area contributed by atoms with Crippen molar-refractivity contribution in [1.29, 1.82) is 0 Å². The van der Waals surface area contributed by atoms with Crippen molar-refractivity contribution in [1.82, 2.24) is 0 Å². The molecular formula is C20H32N2O7. The average Bonchev–Trinajstić information content (AvgIpc) is 2.71. The maximum absolute atomic E-state index is 11.5. The number of hydrogen-bond acceptors (Lipinski definition) is 7. The third kappa shape index (κ3) is 6.19. The molecule has 0 heterocycles. The lowest BCUT2D eigenvalue weighted by Gasteiger charge is -2.30. The van der Waals surface area contributed by atoms with E-state index < -0.39 is 40.7 Å². The van der Waals surface area contributed by atoms with Gasteiger partial charge < -0.3 is 15.3 Å². The first-order valence-corrected chi connectivity index (χ1v) is 10.1. The van der Waals surface area contributed by atoms with Crippen LogP contribution in [0.1, 0.15) is 63.0 Å². The molecule has 3 N–H and O–H groups in total. The summed E-state index contributed by atoms with van der Waals surface area (Å²) in [6.45, 7) is -0.563. The zero-order valence-electron chi connectivity index (χ0n) is 17.0. The molecule has 0 aliphatic heterocycles. The molecule has 1 rings (SSSR count). The monoisotopic (exact) mass is 412 g/mol. The van der Waals surface area contributed by atoms with Crippen LogP contribution >= 0.6 is 0 Å². The molecule has 164 valence electrons. The normalized spacial score (nSPS) is 15.4. The maximum Gasteiger partial charge on any atom is 0.417 e. The minimum absolute atomic E-state index is 0.0367. The number of aliphatic hydroxyl groups is 3. The Morgan fingerprint density at radius 1 is 0.828 bits per heavy atom. The van der Waals surface area contributed by atoms with Crippen LogP contribution < -0.4 is 0 Å². The molecule has 0 radical (unpaired) electrons. The van der Waals surface area contributed by atoms with E-state index in [0.29, 0.717) is 5.56 Å². The molecule has 29 heavy (non-hydrogen) atoms. The van der Waals surface area contributed by atoms with Gasteiger partial charge >= 0.3 is 11.3 Å². The van der Waals surface area contributed by atoms with Crippen LogP contribution in [0.25, 0.3) is 0 Å². The van der Waals surface area contributed by atoms with E-state index in [1.54, 1.807) is 12.1 Å². The number of aryl methyl sites for hydroxylation is 2. The van der Waals surface area contributed by atoms with E-state index in [4.69, 9.17) is 0 Å². The first-order chi connectivity index (χ1) is 13.8. The van der Waals surface area contributed by atoms with Crippen molar-refractivity contribution >= 4 is 0 Å². The van der Waals surface area contributed by atoms with Gasteiger partial charge in [-0.05, 0) is 30.4 Å². The van der Waals surface area contributed by atoms with Gasteiger partial charge in [-0.3, -0.25) is 20.2 Å². The molecule has 1 aromatic rings. The van der Waals surface area contributed by atoms with Gasteiger partial charge in [0.15, 0.2) is 0 Å². The molecule has 9 nitrogen and oxygen atoms in total. The molecule has 0 saturated heterocycles. The first-order valence-electron chi connectivity index (χ1n) is 10.1. The van der Waals surface area contributed by atoms with Crippen LogP contribution in [0.5, 0.6) is 0 Å². The lowest BCUT2D eigenvalue weighted by Crippen LogP contribution is -2.67. The second-order valence-electron chi connectivity index (χ2n) is 7.51. The summed E-state index contributed by atoms with van der Waals surface area (Å²) >= 11 is 0. The van der Waals surface area contributed by atoms with Crippen LogP contribution in [0, 0.1) is 20.2 Å². The Morgan fingerprint density at radius 2 is 1.34 bits per heavy atom. The number of nitrogens with zero attached hydrogens (tertiary/aromatic N) is 2. The van der Waals surface area contributed by atoms with Gasteiger partial charge in [-0.15, -0.1) is 0 Å². The number of rotatable bonds is 15. The number of hydrogen-bond donors (Lipinski definition) is 3. The van der Waals surface area contributed by atoms with Crippen molar-refractivity contribution in [3.8, 4) is 0 Å². The fourth-order valence-electron chi connectivity index (χ4n) is 3.41. The minimum atomic E-state index is -3.27. The molecule has 0 aliphatic carbocycles. The van der Waals surface area contributed by atoms with Crippen molar-refractivity contribution in [2.75, 3.05) is 13.2 Å². The Kier molecular flexibility index (Phi) is 10.1. The summed E-state index contributed by atoms with van der Waals surface area (Å²) in [6, 6.07) is 7.41. The average molecular weight is 412 g/mol. The topological polar surface area (TPSA) is 147 Å². The van der Waals surface area contributed by atoms with E-state index in [9.17, 15) is 35.5 Å². The third-order valence-electron chi connectivity index (χ3n) is 5.55. The Balaban J connectivity index is 2.74. The van der Waals surface area contributed by atoms with Crippen molar-refractivity contribution < 1.29 is 25.2 Å². The molecule has 0 amide bonds. The molecule has 0 bridgehead atoms. The number of nitro groups is 2. The number of benzene rings is 1. The van der Waals surface area contributed by atoms with Crippen molar-refractivity contribution in [2.45, 2.75) is 76.0 Å². The van der Waals surface area contributed by atoms with Crippen LogP contribution in [0.4, 0.5) is 0 Å². The molecular weight excluding hydrogens is 380 g/mol. The Hall–Kier alpha value is -2.10. The van der Waals surface area contributed by atoms with E-state index in [2.05, 4.69) is 6.92 Å². The zero-order valence-corrected chi connectivity index (χ0v) is 17.0. The van der Waals surface area contributed by atoms with Gasteiger partial charge in [-0.1, -0.05) is 63.3 Å². The molecule has 2 unspecified atom stereocenters. The molecule has 0 aromatic heterocycles. The summed E-state index contributed by atoms with van der Waals surface area (Å²) in [5.74, 6) is 0. The first kappa shape index (κ1) is 24.9. The molecule has 2 atom stereocenters. The summed E-state index contributed by atoms with van der Waals surface area (Å²) < 4.78 is 0. The SMILES string of the molecule is CCCCCCCCc1ccc(CCC(CO)([N+](=O)[O-])C(O)(CO)[N+](=O)[O-])cc1. The van der Waals surface area contributed by atoms with E-state index in [1.807, 2.05) is 12.1 Å². The van der Waals surface area contributed by atoms with Gasteiger partial charge in [-0.25, -0.2) is 0 Å². The molecule has 1 aromatic carbocycles. The van der Waals surface area contributed by atoms with Crippen LogP contribution in [-0.4, -0.2) is 49.6 Å². The fraction of sp³-hybridized carbons (Fsp3) is 0.700. The van der Waals surface area contributed by atoms with Gasteiger partial charge in [0.25, 0.3) is 0 Å². The summed E-state index contributed by atoms with van der Waals surface area (Å²) in [4.78, 5) is 20.3. The van der Waals surface area contributed by atoms with Gasteiger partial charge in [0, 0.05) is 11.3 Å². The van der Waals surface area contributed by atoms with E-state index in [-0.39, 0.29) is 6.42 Å². The zero-order chi connectivity index (χ0) is 21.9. The van der Waals surface area contributed by atoms with Crippen molar-refractivity contribution in [3.05, 3.63) is 55.6 Å². The highest BCUT2D eigenvalue weighted by Gasteiger charge is 2.70. The lowest BCUT2D eigenvalue weighted by molar-refractivity contribution is -0.729. The van der Waals surface area contributed by atoms with Crippen molar-refractivity contribution in [2.24, 2.45) is 0 Å². The second kappa shape index (κ2) is 11.8. The van der Waals surface area contributed by atoms with E-state index in [1.165, 1.54) is 32.1 Å².